The molecule has 18 heavy (non-hydrogen) atoms. The molecule has 1 aromatic heterocycles. The number of carbonyl (C=O) groups is 1. The number of esters is 1. The van der Waals surface area contributed by atoms with Gasteiger partial charge in [0.05, 0.1) is 14.2 Å². The van der Waals surface area contributed by atoms with E-state index >= 15 is 0 Å². The van der Waals surface area contributed by atoms with E-state index < -0.39 is 0 Å². The second kappa shape index (κ2) is 5.49. The van der Waals surface area contributed by atoms with E-state index in [1.165, 1.54) is 7.11 Å². The molecule has 0 radical (unpaired) electrons. The van der Waals surface area contributed by atoms with Crippen LogP contribution in [0.5, 0.6) is 5.75 Å². The lowest BCUT2D eigenvalue weighted by atomic mass is 10.0. The summed E-state index contributed by atoms with van der Waals surface area (Å²) >= 11 is 0. The number of hydrogen-bond donors (Lipinski definition) is 0. The number of ether oxygens (including phenoxy) is 2. The average molecular weight is 245 g/mol. The van der Waals surface area contributed by atoms with Gasteiger partial charge in [-0.3, -0.25) is 9.78 Å². The van der Waals surface area contributed by atoms with Gasteiger partial charge in [-0.2, -0.15) is 0 Å². The number of fused-ring (bicyclic) bond motifs is 1. The van der Waals surface area contributed by atoms with Crippen molar-refractivity contribution in [2.24, 2.45) is 0 Å². The molecule has 94 valence electrons. The summed E-state index contributed by atoms with van der Waals surface area (Å²) in [5.74, 6) is 0.537. The van der Waals surface area contributed by atoms with Gasteiger partial charge in [-0.25, -0.2) is 0 Å². The Morgan fingerprint density at radius 1 is 1.28 bits per heavy atom. The van der Waals surface area contributed by atoms with Crippen LogP contribution in [0.1, 0.15) is 12.0 Å². The highest BCUT2D eigenvalue weighted by molar-refractivity contribution is 5.87. The zero-order chi connectivity index (χ0) is 13.0. The molecule has 1 heterocycles. The molecule has 1 aromatic carbocycles. The smallest absolute Gasteiger partial charge is 0.305 e. The highest BCUT2D eigenvalue weighted by Crippen LogP contribution is 2.27. The number of hydrogen-bond acceptors (Lipinski definition) is 4. The topological polar surface area (TPSA) is 48.4 Å². The fourth-order valence-corrected chi connectivity index (χ4v) is 1.93. The number of pyridine rings is 1. The first-order valence-corrected chi connectivity index (χ1v) is 5.73. The molecule has 0 bridgehead atoms. The van der Waals surface area contributed by atoms with Gasteiger partial charge in [-0.15, -0.1) is 0 Å². The molecule has 0 aliphatic heterocycles. The molecule has 2 rings (SSSR count). The molecule has 0 N–H and O–H groups in total. The number of rotatable bonds is 4. The molecule has 2 aromatic rings. The van der Waals surface area contributed by atoms with Crippen LogP contribution in [0, 0.1) is 0 Å². The summed E-state index contributed by atoms with van der Waals surface area (Å²) in [6, 6.07) is 7.70. The fraction of sp³-hybridized carbons (Fsp3) is 0.286. The lowest BCUT2D eigenvalue weighted by Crippen LogP contribution is -2.02. The van der Waals surface area contributed by atoms with Crippen LogP contribution in [-0.2, 0) is 16.0 Å². The van der Waals surface area contributed by atoms with E-state index in [1.54, 1.807) is 13.3 Å². The second-order valence-corrected chi connectivity index (χ2v) is 3.90. The molecule has 0 unspecified atom stereocenters. The number of nitrogens with zero attached hydrogens (tertiary/aromatic N) is 1. The Balaban J connectivity index is 2.37. The van der Waals surface area contributed by atoms with Crippen molar-refractivity contribution in [1.82, 2.24) is 4.98 Å². The van der Waals surface area contributed by atoms with Gasteiger partial charge >= 0.3 is 5.97 Å². The van der Waals surface area contributed by atoms with Crippen LogP contribution in [0.4, 0.5) is 0 Å². The fourth-order valence-electron chi connectivity index (χ4n) is 1.93. The second-order valence-electron chi connectivity index (χ2n) is 3.90. The summed E-state index contributed by atoms with van der Waals surface area (Å²) in [6.45, 7) is 0. The van der Waals surface area contributed by atoms with Crippen molar-refractivity contribution in [1.29, 1.82) is 0 Å². The predicted octanol–water partition coefficient (Wildman–Crippen LogP) is 2.35. The Morgan fingerprint density at radius 2 is 2.11 bits per heavy atom. The predicted molar refractivity (Wildman–Crippen MR) is 68.6 cm³/mol. The van der Waals surface area contributed by atoms with Crippen LogP contribution in [0.3, 0.4) is 0 Å². The normalized spacial score (nSPS) is 10.3. The first-order valence-electron chi connectivity index (χ1n) is 5.73. The molecule has 0 fully saturated rings. The van der Waals surface area contributed by atoms with Crippen LogP contribution in [-0.4, -0.2) is 25.2 Å². The Kier molecular flexibility index (Phi) is 3.77. The van der Waals surface area contributed by atoms with E-state index in [1.807, 2.05) is 24.3 Å². The van der Waals surface area contributed by atoms with Crippen molar-refractivity contribution in [3.8, 4) is 5.75 Å². The highest BCUT2D eigenvalue weighted by atomic mass is 16.5. The Morgan fingerprint density at radius 3 is 2.83 bits per heavy atom. The van der Waals surface area contributed by atoms with Crippen molar-refractivity contribution in [3.05, 3.63) is 36.0 Å². The van der Waals surface area contributed by atoms with Crippen molar-refractivity contribution >= 4 is 16.9 Å². The maximum absolute atomic E-state index is 11.2. The van der Waals surface area contributed by atoms with Gasteiger partial charge in [0.15, 0.2) is 0 Å². The number of aryl methyl sites for hydroxylation is 1. The van der Waals surface area contributed by atoms with Crippen LogP contribution < -0.4 is 4.74 Å². The van der Waals surface area contributed by atoms with Crippen LogP contribution in [0.15, 0.2) is 30.5 Å². The van der Waals surface area contributed by atoms with Gasteiger partial charge in [-0.05, 0) is 24.1 Å². The van der Waals surface area contributed by atoms with Gasteiger partial charge in [0.25, 0.3) is 0 Å². The van der Waals surface area contributed by atoms with Gasteiger partial charge < -0.3 is 9.47 Å². The van der Waals surface area contributed by atoms with Crippen molar-refractivity contribution in [2.75, 3.05) is 14.2 Å². The van der Waals surface area contributed by atoms with E-state index in [2.05, 4.69) is 9.72 Å². The number of benzene rings is 1. The molecular weight excluding hydrogens is 230 g/mol. The number of methoxy groups -OCH3 is 2. The highest BCUT2D eigenvalue weighted by Gasteiger charge is 2.09. The molecule has 0 aliphatic rings. The van der Waals surface area contributed by atoms with Crippen molar-refractivity contribution in [2.45, 2.75) is 12.8 Å². The first kappa shape index (κ1) is 12.4. The van der Waals surface area contributed by atoms with Crippen LogP contribution >= 0.6 is 0 Å². The van der Waals surface area contributed by atoms with Gasteiger partial charge in [0.1, 0.15) is 11.3 Å². The molecule has 0 saturated carbocycles. The van der Waals surface area contributed by atoms with Gasteiger partial charge in [-0.1, -0.05) is 12.1 Å². The minimum absolute atomic E-state index is 0.206. The molecule has 0 aliphatic carbocycles. The Labute approximate surface area is 106 Å². The molecule has 0 saturated heterocycles. The molecule has 0 amide bonds. The SMILES string of the molecule is COC(=O)CCc1ccc(OC)c2ncccc12. The zero-order valence-electron chi connectivity index (χ0n) is 10.5. The monoisotopic (exact) mass is 245 g/mol. The van der Waals surface area contributed by atoms with Crippen LogP contribution in [0.25, 0.3) is 10.9 Å². The Hall–Kier alpha value is -2.10. The summed E-state index contributed by atoms with van der Waals surface area (Å²) < 4.78 is 9.92. The minimum atomic E-state index is -0.206. The standard InChI is InChI=1S/C14H15NO3/c1-17-12-7-5-10(6-8-13(16)18-2)11-4-3-9-15-14(11)12/h3-5,7,9H,6,8H2,1-2H3. The summed E-state index contributed by atoms with van der Waals surface area (Å²) in [5, 5.41) is 1.01. The number of carbonyl (C=O) groups excluding carboxylic acids is 1. The quantitative estimate of drug-likeness (QED) is 0.776. The van der Waals surface area contributed by atoms with E-state index in [0.29, 0.717) is 12.8 Å². The molecular formula is C14H15NO3. The lowest BCUT2D eigenvalue weighted by Gasteiger charge is -2.09. The summed E-state index contributed by atoms with van der Waals surface area (Å²) in [4.78, 5) is 15.5. The van der Waals surface area contributed by atoms with Crippen molar-refractivity contribution < 1.29 is 14.3 Å². The van der Waals surface area contributed by atoms with E-state index in [0.717, 1.165) is 22.2 Å². The van der Waals surface area contributed by atoms with Crippen molar-refractivity contribution in [3.63, 3.8) is 0 Å². The summed E-state index contributed by atoms with van der Waals surface area (Å²) in [7, 11) is 3.02. The maximum atomic E-state index is 11.2. The molecule has 4 heteroatoms. The van der Waals surface area contributed by atoms with Gasteiger partial charge in [0, 0.05) is 18.0 Å². The Bertz CT molecular complexity index is 566. The third-order valence-electron chi connectivity index (χ3n) is 2.87. The summed E-state index contributed by atoms with van der Waals surface area (Å²) in [6.07, 6.45) is 2.74. The van der Waals surface area contributed by atoms with E-state index in [4.69, 9.17) is 4.74 Å². The average Bonchev–Trinajstić information content (AvgIpc) is 2.44. The minimum Gasteiger partial charge on any atom is -0.494 e. The molecule has 0 spiro atoms. The third-order valence-corrected chi connectivity index (χ3v) is 2.87. The third kappa shape index (κ3) is 2.42. The molecule has 0 atom stereocenters. The van der Waals surface area contributed by atoms with E-state index in [9.17, 15) is 4.79 Å². The first-order chi connectivity index (χ1) is 8.76. The van der Waals surface area contributed by atoms with E-state index in [-0.39, 0.29) is 5.97 Å². The lowest BCUT2D eigenvalue weighted by molar-refractivity contribution is -0.140. The van der Waals surface area contributed by atoms with Crippen LogP contribution in [0.2, 0.25) is 0 Å². The summed E-state index contributed by atoms with van der Waals surface area (Å²) in [5.41, 5.74) is 1.90. The van der Waals surface area contributed by atoms with Gasteiger partial charge in [0.2, 0.25) is 0 Å². The largest absolute Gasteiger partial charge is 0.494 e. The maximum Gasteiger partial charge on any atom is 0.305 e. The zero-order valence-corrected chi connectivity index (χ0v) is 10.5. The number of aromatic nitrogens is 1. The molecule has 4 nitrogen and oxygen atoms in total.